The third-order valence-electron chi connectivity index (χ3n) is 5.11. The average molecular weight is 456 g/mol. The average Bonchev–Trinajstić information content (AvgIpc) is 3.15. The van der Waals surface area contributed by atoms with Crippen LogP contribution in [0, 0.1) is 12.8 Å². The highest BCUT2D eigenvalue weighted by Gasteiger charge is 2.44. The Bertz CT molecular complexity index is 918. The fourth-order valence-electron chi connectivity index (χ4n) is 3.20. The summed E-state index contributed by atoms with van der Waals surface area (Å²) in [6.07, 6.45) is -0.0390. The molecule has 1 aliphatic heterocycles. The van der Waals surface area contributed by atoms with Crippen LogP contribution in [0.5, 0.6) is 0 Å². The minimum atomic E-state index is -4.05. The summed E-state index contributed by atoms with van der Waals surface area (Å²) < 4.78 is 27.0. The molecule has 11 nitrogen and oxygen atoms in total. The van der Waals surface area contributed by atoms with Gasteiger partial charge in [-0.1, -0.05) is 31.5 Å². The summed E-state index contributed by atoms with van der Waals surface area (Å²) >= 11 is 0. The lowest BCUT2D eigenvalue weighted by molar-refractivity contribution is -0.132. The van der Waals surface area contributed by atoms with E-state index in [1.165, 1.54) is 17.6 Å². The van der Waals surface area contributed by atoms with E-state index in [0.717, 1.165) is 9.87 Å². The van der Waals surface area contributed by atoms with Crippen LogP contribution in [0.15, 0.2) is 29.2 Å². The minimum absolute atomic E-state index is 0.00393. The number of hydroxylamine groups is 1. The summed E-state index contributed by atoms with van der Waals surface area (Å²) in [5, 5.41) is 14.1. The number of hydrogen-bond donors (Lipinski definition) is 5. The fourth-order valence-corrected chi connectivity index (χ4v) is 4.84. The fraction of sp³-hybridized carbons (Fsp3) is 0.526. The Morgan fingerprint density at radius 3 is 2.39 bits per heavy atom. The maximum absolute atomic E-state index is 13.0. The van der Waals surface area contributed by atoms with Gasteiger partial charge in [0.15, 0.2) is 0 Å². The second-order valence-corrected chi connectivity index (χ2v) is 9.76. The van der Waals surface area contributed by atoms with Gasteiger partial charge in [0.25, 0.3) is 5.91 Å². The van der Waals surface area contributed by atoms with E-state index in [-0.39, 0.29) is 30.3 Å². The maximum Gasteiger partial charge on any atom is 0.261 e. The summed E-state index contributed by atoms with van der Waals surface area (Å²) in [6.45, 7) is 4.86. The smallest absolute Gasteiger partial charge is 0.261 e. The zero-order chi connectivity index (χ0) is 23.3. The molecule has 0 unspecified atom stereocenters. The minimum Gasteiger partial charge on any atom is -0.350 e. The highest BCUT2D eigenvalue weighted by atomic mass is 32.2. The molecule has 1 saturated heterocycles. The first kappa shape index (κ1) is 24.7. The number of amides is 3. The second kappa shape index (κ2) is 10.2. The van der Waals surface area contributed by atoms with Crippen molar-refractivity contribution in [1.82, 2.24) is 20.4 Å². The first-order valence-electron chi connectivity index (χ1n) is 9.82. The van der Waals surface area contributed by atoms with Crippen molar-refractivity contribution in [3.8, 4) is 0 Å². The monoisotopic (exact) mass is 455 g/mol. The molecule has 1 aromatic rings. The van der Waals surface area contributed by atoms with E-state index in [4.69, 9.17) is 10.9 Å². The van der Waals surface area contributed by atoms with Gasteiger partial charge in [0.05, 0.1) is 17.5 Å². The molecular weight excluding hydrogens is 426 g/mol. The molecule has 6 N–H and O–H groups in total. The number of nitrogens with one attached hydrogen (secondary N) is 3. The molecule has 1 aromatic carbocycles. The quantitative estimate of drug-likeness (QED) is 0.243. The van der Waals surface area contributed by atoms with Crippen molar-refractivity contribution in [3.05, 3.63) is 29.8 Å². The lowest BCUT2D eigenvalue weighted by Gasteiger charge is -2.22. The molecule has 2 rings (SSSR count). The van der Waals surface area contributed by atoms with E-state index in [9.17, 15) is 22.8 Å². The highest BCUT2D eigenvalue weighted by Crippen LogP contribution is 2.27. The molecule has 1 fully saturated rings. The van der Waals surface area contributed by atoms with Crippen molar-refractivity contribution in [2.75, 3.05) is 13.1 Å². The molecular formula is C19H29N5O6S. The van der Waals surface area contributed by atoms with Gasteiger partial charge >= 0.3 is 0 Å². The van der Waals surface area contributed by atoms with E-state index in [1.807, 2.05) is 6.92 Å². The molecule has 0 radical (unpaired) electrons. The van der Waals surface area contributed by atoms with Gasteiger partial charge in [-0.2, -0.15) is 4.31 Å². The molecule has 3 amide bonds. The topological polar surface area (TPSA) is 171 Å². The first-order chi connectivity index (χ1) is 14.5. The number of hydrogen-bond acceptors (Lipinski definition) is 7. The summed E-state index contributed by atoms with van der Waals surface area (Å²) in [7, 11) is -4.05. The Morgan fingerprint density at radius 1 is 1.23 bits per heavy atom. The largest absolute Gasteiger partial charge is 0.350 e. The molecule has 12 heteroatoms. The molecule has 0 aliphatic carbocycles. The van der Waals surface area contributed by atoms with Crippen LogP contribution in [-0.4, -0.2) is 66.9 Å². The molecule has 0 bridgehead atoms. The summed E-state index contributed by atoms with van der Waals surface area (Å²) in [5.74, 6) is -2.02. The number of carbonyl (C=O) groups excluding carboxylic acids is 3. The third kappa shape index (κ3) is 6.00. The van der Waals surface area contributed by atoms with Gasteiger partial charge in [-0.05, 0) is 31.4 Å². The number of aryl methyl sites for hydroxylation is 1. The Kier molecular flexibility index (Phi) is 8.12. The first-order valence-corrected chi connectivity index (χ1v) is 11.3. The van der Waals surface area contributed by atoms with Crippen LogP contribution in [-0.2, 0) is 24.4 Å². The van der Waals surface area contributed by atoms with E-state index in [1.54, 1.807) is 26.0 Å². The number of rotatable bonds is 8. The van der Waals surface area contributed by atoms with Crippen molar-refractivity contribution >= 4 is 27.7 Å². The van der Waals surface area contributed by atoms with Crippen LogP contribution in [0.3, 0.4) is 0 Å². The van der Waals surface area contributed by atoms with Crippen molar-refractivity contribution in [1.29, 1.82) is 0 Å². The standard InChI is InChI=1S/C19H29N5O6S/c1-11(2)17(20)19(27)21-9-16(25)22-13-8-15(18(26)23-28)24(10-13)31(29,30)14-6-4-12(3)5-7-14/h4-7,11,13,15,17,28H,8-10,20H2,1-3H3,(H,21,27)(H,22,25)(H,23,26)/t13-,15-,17-/m0/s1. The van der Waals surface area contributed by atoms with Crippen LogP contribution in [0.2, 0.25) is 0 Å². The number of nitrogens with two attached hydrogens (primary N) is 1. The molecule has 0 aromatic heterocycles. The number of nitrogens with zero attached hydrogens (tertiary/aromatic N) is 1. The Morgan fingerprint density at radius 2 is 1.84 bits per heavy atom. The van der Waals surface area contributed by atoms with Gasteiger partial charge in [-0.3, -0.25) is 19.6 Å². The van der Waals surface area contributed by atoms with E-state index in [0.29, 0.717) is 0 Å². The summed E-state index contributed by atoms with van der Waals surface area (Å²) in [4.78, 5) is 36.2. The van der Waals surface area contributed by atoms with Crippen LogP contribution in [0.4, 0.5) is 0 Å². The van der Waals surface area contributed by atoms with Crippen molar-refractivity contribution in [2.45, 2.75) is 50.2 Å². The van der Waals surface area contributed by atoms with E-state index < -0.39 is 45.9 Å². The van der Waals surface area contributed by atoms with Crippen LogP contribution < -0.4 is 21.8 Å². The van der Waals surface area contributed by atoms with Gasteiger partial charge < -0.3 is 16.4 Å². The van der Waals surface area contributed by atoms with Crippen LogP contribution >= 0.6 is 0 Å². The Hall–Kier alpha value is -2.54. The number of sulfonamides is 1. The molecule has 0 saturated carbocycles. The summed E-state index contributed by atoms with van der Waals surface area (Å²) in [5.41, 5.74) is 8.07. The number of benzene rings is 1. The predicted octanol–water partition coefficient (Wildman–Crippen LogP) is -1.15. The summed E-state index contributed by atoms with van der Waals surface area (Å²) in [6, 6.07) is 3.47. The zero-order valence-corrected chi connectivity index (χ0v) is 18.5. The van der Waals surface area contributed by atoms with Crippen molar-refractivity contribution < 1.29 is 28.0 Å². The van der Waals surface area contributed by atoms with Crippen molar-refractivity contribution in [3.63, 3.8) is 0 Å². The molecule has 1 heterocycles. The van der Waals surface area contributed by atoms with Gasteiger partial charge in [-0.25, -0.2) is 13.9 Å². The second-order valence-electron chi connectivity index (χ2n) is 7.87. The molecule has 3 atom stereocenters. The maximum atomic E-state index is 13.0. The lowest BCUT2D eigenvalue weighted by atomic mass is 10.1. The molecule has 172 valence electrons. The van der Waals surface area contributed by atoms with E-state index in [2.05, 4.69) is 10.6 Å². The third-order valence-corrected chi connectivity index (χ3v) is 6.99. The SMILES string of the molecule is Cc1ccc(S(=O)(=O)N2C[C@@H](NC(=O)CNC(=O)[C@@H](N)C(C)C)C[C@H]2C(=O)NO)cc1. The molecule has 31 heavy (non-hydrogen) atoms. The Labute approximate surface area is 181 Å². The molecule has 0 spiro atoms. The normalized spacial score (nSPS) is 20.3. The van der Waals surface area contributed by atoms with Gasteiger partial charge in [0.1, 0.15) is 6.04 Å². The van der Waals surface area contributed by atoms with Crippen LogP contribution in [0.1, 0.15) is 25.8 Å². The van der Waals surface area contributed by atoms with Crippen molar-refractivity contribution in [2.24, 2.45) is 11.7 Å². The zero-order valence-electron chi connectivity index (χ0n) is 17.7. The molecule has 1 aliphatic rings. The highest BCUT2D eigenvalue weighted by molar-refractivity contribution is 7.89. The van der Waals surface area contributed by atoms with Gasteiger partial charge in [-0.15, -0.1) is 0 Å². The Balaban J connectivity index is 2.09. The predicted molar refractivity (Wildman–Crippen MR) is 111 cm³/mol. The lowest BCUT2D eigenvalue weighted by Crippen LogP contribution is -2.48. The number of carbonyl (C=O) groups is 3. The van der Waals surface area contributed by atoms with Gasteiger partial charge in [0.2, 0.25) is 21.8 Å². The van der Waals surface area contributed by atoms with Gasteiger partial charge in [0, 0.05) is 12.6 Å². The van der Waals surface area contributed by atoms with Crippen LogP contribution in [0.25, 0.3) is 0 Å². The van der Waals surface area contributed by atoms with E-state index >= 15 is 0 Å².